The van der Waals surface area contributed by atoms with E-state index in [2.05, 4.69) is 29.2 Å². The van der Waals surface area contributed by atoms with Gasteiger partial charge in [-0.15, -0.1) is 0 Å². The van der Waals surface area contributed by atoms with Crippen LogP contribution in [-0.4, -0.2) is 14.1 Å². The van der Waals surface area contributed by atoms with Gasteiger partial charge in [-0.3, -0.25) is 0 Å². The highest BCUT2D eigenvalue weighted by Crippen LogP contribution is 2.13. The summed E-state index contributed by atoms with van der Waals surface area (Å²) < 4.78 is 0. The SMILES string of the molecule is CC(/C=C/c1ccc(N(C)C)cc1)=C\C#N. The van der Waals surface area contributed by atoms with Crippen molar-refractivity contribution in [3.05, 3.63) is 47.6 Å². The van der Waals surface area contributed by atoms with Gasteiger partial charge in [-0.2, -0.15) is 5.26 Å². The van der Waals surface area contributed by atoms with Crippen LogP contribution in [0.1, 0.15) is 12.5 Å². The fourth-order valence-electron chi connectivity index (χ4n) is 1.26. The standard InChI is InChI=1S/C14H16N2/c1-12(10-11-15)4-5-13-6-8-14(9-7-13)16(2)3/h4-10H,1-3H3/b5-4+,12-10+. The Balaban J connectivity index is 2.77. The molecule has 1 rings (SSSR count). The molecule has 0 aliphatic rings. The third-order valence-electron chi connectivity index (χ3n) is 2.24. The lowest BCUT2D eigenvalue weighted by atomic mass is 10.1. The molecule has 0 heterocycles. The van der Waals surface area contributed by atoms with E-state index >= 15 is 0 Å². The van der Waals surface area contributed by atoms with Crippen molar-refractivity contribution in [1.82, 2.24) is 0 Å². The van der Waals surface area contributed by atoms with E-state index in [1.807, 2.05) is 39.2 Å². The molecule has 0 fully saturated rings. The highest BCUT2D eigenvalue weighted by Gasteiger charge is 1.93. The minimum absolute atomic E-state index is 0.958. The second-order valence-corrected chi connectivity index (χ2v) is 3.84. The summed E-state index contributed by atoms with van der Waals surface area (Å²) in [5.41, 5.74) is 3.27. The van der Waals surface area contributed by atoms with Crippen molar-refractivity contribution in [2.75, 3.05) is 19.0 Å². The molecule has 0 aliphatic carbocycles. The van der Waals surface area contributed by atoms with Gasteiger partial charge in [-0.25, -0.2) is 0 Å². The van der Waals surface area contributed by atoms with Crippen LogP contribution in [0.25, 0.3) is 6.08 Å². The lowest BCUT2D eigenvalue weighted by molar-refractivity contribution is 1.13. The van der Waals surface area contributed by atoms with E-state index in [1.165, 1.54) is 11.8 Å². The molecule has 0 aromatic heterocycles. The Morgan fingerprint density at radius 3 is 2.38 bits per heavy atom. The van der Waals surface area contributed by atoms with E-state index in [0.29, 0.717) is 0 Å². The number of allylic oxidation sites excluding steroid dienone is 3. The molecule has 0 saturated carbocycles. The van der Waals surface area contributed by atoms with Crippen LogP contribution in [0.5, 0.6) is 0 Å². The first-order chi connectivity index (χ1) is 7.63. The molecule has 0 amide bonds. The number of rotatable bonds is 3. The second-order valence-electron chi connectivity index (χ2n) is 3.84. The molecule has 0 unspecified atom stereocenters. The van der Waals surface area contributed by atoms with Crippen LogP contribution in [0.2, 0.25) is 0 Å². The maximum atomic E-state index is 8.47. The van der Waals surface area contributed by atoms with Gasteiger partial charge in [0.05, 0.1) is 6.07 Å². The maximum Gasteiger partial charge on any atom is 0.0914 e. The highest BCUT2D eigenvalue weighted by atomic mass is 15.1. The molecule has 1 aromatic carbocycles. The number of hydrogen-bond donors (Lipinski definition) is 0. The van der Waals surface area contributed by atoms with Crippen LogP contribution in [0.15, 0.2) is 42.0 Å². The van der Waals surface area contributed by atoms with Crippen molar-refractivity contribution >= 4 is 11.8 Å². The first-order valence-corrected chi connectivity index (χ1v) is 5.15. The van der Waals surface area contributed by atoms with Crippen LogP contribution in [0.4, 0.5) is 5.69 Å². The Labute approximate surface area is 97.1 Å². The molecule has 2 nitrogen and oxygen atoms in total. The van der Waals surface area contributed by atoms with Gasteiger partial charge in [0.15, 0.2) is 0 Å². The number of benzene rings is 1. The minimum atomic E-state index is 0.958. The summed E-state index contributed by atoms with van der Waals surface area (Å²) in [5, 5.41) is 8.47. The Kier molecular flexibility index (Phi) is 4.35. The molecule has 1 aromatic rings. The molecule has 82 valence electrons. The molecule has 0 N–H and O–H groups in total. The molecular formula is C14H16N2. The van der Waals surface area contributed by atoms with E-state index in [1.54, 1.807) is 0 Å². The zero-order chi connectivity index (χ0) is 12.0. The normalized spacial score (nSPS) is 11.5. The highest BCUT2D eigenvalue weighted by molar-refractivity contribution is 5.57. The quantitative estimate of drug-likeness (QED) is 0.568. The lowest BCUT2D eigenvalue weighted by Gasteiger charge is -2.11. The molecule has 16 heavy (non-hydrogen) atoms. The zero-order valence-electron chi connectivity index (χ0n) is 9.94. The van der Waals surface area contributed by atoms with E-state index in [9.17, 15) is 0 Å². The zero-order valence-corrected chi connectivity index (χ0v) is 9.94. The van der Waals surface area contributed by atoms with Crippen molar-refractivity contribution < 1.29 is 0 Å². The Morgan fingerprint density at radius 2 is 1.88 bits per heavy atom. The average molecular weight is 212 g/mol. The summed E-state index contributed by atoms with van der Waals surface area (Å²) in [5.74, 6) is 0. The van der Waals surface area contributed by atoms with Crippen LogP contribution in [-0.2, 0) is 0 Å². The first-order valence-electron chi connectivity index (χ1n) is 5.15. The van der Waals surface area contributed by atoms with Crippen molar-refractivity contribution in [2.24, 2.45) is 0 Å². The third-order valence-corrected chi connectivity index (χ3v) is 2.24. The number of nitrogens with zero attached hydrogens (tertiary/aromatic N) is 2. The summed E-state index contributed by atoms with van der Waals surface area (Å²) in [6.07, 6.45) is 5.47. The van der Waals surface area contributed by atoms with Gasteiger partial charge in [-0.05, 0) is 30.2 Å². The van der Waals surface area contributed by atoms with E-state index < -0.39 is 0 Å². The third kappa shape index (κ3) is 3.62. The van der Waals surface area contributed by atoms with Crippen molar-refractivity contribution in [3.8, 4) is 6.07 Å². The van der Waals surface area contributed by atoms with Crippen LogP contribution >= 0.6 is 0 Å². The van der Waals surface area contributed by atoms with Gasteiger partial charge < -0.3 is 4.90 Å². The molecule has 0 bridgehead atoms. The monoisotopic (exact) mass is 212 g/mol. The molecule has 2 heteroatoms. The summed E-state index contributed by atoms with van der Waals surface area (Å²) >= 11 is 0. The molecule has 0 atom stereocenters. The second kappa shape index (κ2) is 5.77. The van der Waals surface area contributed by atoms with Gasteiger partial charge in [0.2, 0.25) is 0 Å². The van der Waals surface area contributed by atoms with Gasteiger partial charge in [0, 0.05) is 25.9 Å². The Hall–Kier alpha value is -2.01. The largest absolute Gasteiger partial charge is 0.378 e. The first kappa shape index (κ1) is 12.1. The van der Waals surface area contributed by atoms with Crippen molar-refractivity contribution in [2.45, 2.75) is 6.92 Å². The maximum absolute atomic E-state index is 8.47. The predicted molar refractivity (Wildman–Crippen MR) is 69.2 cm³/mol. The molecular weight excluding hydrogens is 196 g/mol. The van der Waals surface area contributed by atoms with E-state index in [4.69, 9.17) is 5.26 Å². The molecule has 0 saturated heterocycles. The summed E-state index contributed by atoms with van der Waals surface area (Å²) in [4.78, 5) is 2.06. The fraction of sp³-hybridized carbons (Fsp3) is 0.214. The van der Waals surface area contributed by atoms with Crippen LogP contribution < -0.4 is 4.90 Å². The summed E-state index contributed by atoms with van der Waals surface area (Å²) in [7, 11) is 4.04. The van der Waals surface area contributed by atoms with Gasteiger partial charge >= 0.3 is 0 Å². The molecule has 0 spiro atoms. The smallest absolute Gasteiger partial charge is 0.0914 e. The Morgan fingerprint density at radius 1 is 1.25 bits per heavy atom. The van der Waals surface area contributed by atoms with Gasteiger partial charge in [0.1, 0.15) is 0 Å². The number of anilines is 1. The van der Waals surface area contributed by atoms with Crippen molar-refractivity contribution in [1.29, 1.82) is 5.26 Å². The van der Waals surface area contributed by atoms with Crippen LogP contribution in [0.3, 0.4) is 0 Å². The van der Waals surface area contributed by atoms with Crippen LogP contribution in [0, 0.1) is 11.3 Å². The van der Waals surface area contributed by atoms with Gasteiger partial charge in [0.25, 0.3) is 0 Å². The fourth-order valence-corrected chi connectivity index (χ4v) is 1.26. The average Bonchev–Trinajstić information content (AvgIpc) is 2.27. The van der Waals surface area contributed by atoms with Gasteiger partial charge in [-0.1, -0.05) is 24.3 Å². The minimum Gasteiger partial charge on any atom is -0.378 e. The lowest BCUT2D eigenvalue weighted by Crippen LogP contribution is -2.07. The Bertz CT molecular complexity index is 431. The summed E-state index contributed by atoms with van der Waals surface area (Å²) in [6, 6.07) is 10.3. The molecule has 0 radical (unpaired) electrons. The summed E-state index contributed by atoms with van der Waals surface area (Å²) in [6.45, 7) is 1.91. The number of nitriles is 1. The predicted octanol–water partition coefficient (Wildman–Crippen LogP) is 3.24. The number of hydrogen-bond acceptors (Lipinski definition) is 2. The van der Waals surface area contributed by atoms with E-state index in [-0.39, 0.29) is 0 Å². The van der Waals surface area contributed by atoms with Crippen molar-refractivity contribution in [3.63, 3.8) is 0 Å². The topological polar surface area (TPSA) is 27.0 Å². The molecule has 0 aliphatic heterocycles. The van der Waals surface area contributed by atoms with E-state index in [0.717, 1.165) is 11.1 Å².